The van der Waals surface area contributed by atoms with Crippen molar-refractivity contribution in [1.82, 2.24) is 9.80 Å². The Labute approximate surface area is 93.9 Å². The number of rotatable bonds is 3. The fourth-order valence-corrected chi connectivity index (χ4v) is 2.04. The molecule has 1 amide bonds. The minimum absolute atomic E-state index is 0.0761. The van der Waals surface area contributed by atoms with E-state index < -0.39 is 0 Å². The fraction of sp³-hybridized carbons (Fsp3) is 0.700. The van der Waals surface area contributed by atoms with Gasteiger partial charge in [0.1, 0.15) is 0 Å². The summed E-state index contributed by atoms with van der Waals surface area (Å²) in [5, 5.41) is 0.876. The summed E-state index contributed by atoms with van der Waals surface area (Å²) in [6.07, 6.45) is 0. The third-order valence-corrected chi connectivity index (χ3v) is 2.83. The van der Waals surface area contributed by atoms with Gasteiger partial charge in [-0.1, -0.05) is 22.5 Å². The van der Waals surface area contributed by atoms with Crippen LogP contribution in [0.3, 0.4) is 0 Å². The lowest BCUT2D eigenvalue weighted by atomic mass is 10.2. The molecule has 0 saturated carbocycles. The van der Waals surface area contributed by atoms with Gasteiger partial charge in [-0.2, -0.15) is 0 Å². The lowest BCUT2D eigenvalue weighted by Gasteiger charge is -2.38. The summed E-state index contributed by atoms with van der Waals surface area (Å²) < 4.78 is 0. The van der Waals surface area contributed by atoms with Crippen molar-refractivity contribution in [3.05, 3.63) is 12.3 Å². The molecule has 1 aliphatic rings. The second-order valence-corrected chi connectivity index (χ2v) is 4.51. The van der Waals surface area contributed by atoms with Crippen LogP contribution in [0.1, 0.15) is 13.8 Å². The molecule has 0 aromatic rings. The smallest absolute Gasteiger partial charge is 0.269 e. The van der Waals surface area contributed by atoms with E-state index in [0.717, 1.165) is 25.0 Å². The van der Waals surface area contributed by atoms with E-state index in [4.69, 9.17) is 0 Å². The molecule has 1 rings (SSSR count). The van der Waals surface area contributed by atoms with E-state index >= 15 is 0 Å². The zero-order valence-electron chi connectivity index (χ0n) is 8.79. The van der Waals surface area contributed by atoms with E-state index in [9.17, 15) is 4.79 Å². The highest BCUT2D eigenvalue weighted by Gasteiger charge is 2.28. The molecule has 4 heteroatoms. The Hall–Kier alpha value is -0.510. The standard InChI is InChI=1S/C10H17BrN2O/c1-8(2)13-7-6-12(5-4-11)9(3)10(13)14/h8H,3-7H2,1-2H3. The number of hydrogen-bond acceptors (Lipinski definition) is 2. The van der Waals surface area contributed by atoms with E-state index in [1.807, 2.05) is 23.6 Å². The number of halogens is 1. The van der Waals surface area contributed by atoms with Crippen molar-refractivity contribution < 1.29 is 4.79 Å². The molecule has 0 spiro atoms. The molecule has 0 aliphatic carbocycles. The molecule has 1 heterocycles. The summed E-state index contributed by atoms with van der Waals surface area (Å²) in [6.45, 7) is 10.5. The second kappa shape index (κ2) is 4.82. The van der Waals surface area contributed by atoms with E-state index in [2.05, 4.69) is 22.5 Å². The lowest BCUT2D eigenvalue weighted by molar-refractivity contribution is -0.133. The summed E-state index contributed by atoms with van der Waals surface area (Å²) in [4.78, 5) is 15.7. The van der Waals surface area contributed by atoms with Crippen LogP contribution in [0.4, 0.5) is 0 Å². The van der Waals surface area contributed by atoms with Crippen LogP contribution in [-0.4, -0.2) is 46.7 Å². The topological polar surface area (TPSA) is 23.6 Å². The first-order valence-corrected chi connectivity index (χ1v) is 6.01. The van der Waals surface area contributed by atoms with Crippen molar-refractivity contribution in [2.75, 3.05) is 25.0 Å². The minimum Gasteiger partial charge on any atom is -0.365 e. The molecule has 0 radical (unpaired) electrons. The highest BCUT2D eigenvalue weighted by atomic mass is 79.9. The maximum atomic E-state index is 11.8. The average molecular weight is 261 g/mol. The quantitative estimate of drug-likeness (QED) is 0.567. The molecule has 14 heavy (non-hydrogen) atoms. The highest BCUT2D eigenvalue weighted by molar-refractivity contribution is 9.09. The largest absolute Gasteiger partial charge is 0.365 e. The van der Waals surface area contributed by atoms with E-state index in [1.165, 1.54) is 0 Å². The predicted octanol–water partition coefficient (Wildman–Crippen LogP) is 1.45. The van der Waals surface area contributed by atoms with Gasteiger partial charge in [-0.25, -0.2) is 0 Å². The summed E-state index contributed by atoms with van der Waals surface area (Å²) >= 11 is 3.37. The predicted molar refractivity (Wildman–Crippen MR) is 61.4 cm³/mol. The average Bonchev–Trinajstić information content (AvgIpc) is 2.13. The molecular weight excluding hydrogens is 244 g/mol. The van der Waals surface area contributed by atoms with Crippen molar-refractivity contribution in [2.24, 2.45) is 0 Å². The van der Waals surface area contributed by atoms with Gasteiger partial charge in [-0.15, -0.1) is 0 Å². The summed E-state index contributed by atoms with van der Waals surface area (Å²) in [5.74, 6) is 0.0761. The number of carbonyl (C=O) groups excluding carboxylic acids is 1. The zero-order chi connectivity index (χ0) is 10.7. The minimum atomic E-state index is 0.0761. The van der Waals surface area contributed by atoms with Gasteiger partial charge >= 0.3 is 0 Å². The van der Waals surface area contributed by atoms with Crippen LogP contribution in [0.5, 0.6) is 0 Å². The van der Waals surface area contributed by atoms with Gasteiger partial charge in [0, 0.05) is 31.0 Å². The Morgan fingerprint density at radius 1 is 1.50 bits per heavy atom. The Morgan fingerprint density at radius 2 is 2.14 bits per heavy atom. The first-order chi connectivity index (χ1) is 6.57. The maximum absolute atomic E-state index is 11.8. The molecule has 0 bridgehead atoms. The van der Waals surface area contributed by atoms with Crippen molar-refractivity contribution in [3.63, 3.8) is 0 Å². The van der Waals surface area contributed by atoms with Gasteiger partial charge in [0.2, 0.25) is 0 Å². The maximum Gasteiger partial charge on any atom is 0.269 e. The Morgan fingerprint density at radius 3 is 2.64 bits per heavy atom. The monoisotopic (exact) mass is 260 g/mol. The summed E-state index contributed by atoms with van der Waals surface area (Å²) in [7, 11) is 0. The van der Waals surface area contributed by atoms with Crippen molar-refractivity contribution in [1.29, 1.82) is 0 Å². The third-order valence-electron chi connectivity index (χ3n) is 2.48. The van der Waals surface area contributed by atoms with Crippen LogP contribution in [-0.2, 0) is 4.79 Å². The highest BCUT2D eigenvalue weighted by Crippen LogP contribution is 2.15. The third kappa shape index (κ3) is 2.29. The normalized spacial score (nSPS) is 18.3. The van der Waals surface area contributed by atoms with Crippen LogP contribution >= 0.6 is 15.9 Å². The van der Waals surface area contributed by atoms with Crippen LogP contribution in [0.2, 0.25) is 0 Å². The van der Waals surface area contributed by atoms with E-state index in [0.29, 0.717) is 5.70 Å². The van der Waals surface area contributed by atoms with Crippen LogP contribution < -0.4 is 0 Å². The van der Waals surface area contributed by atoms with Gasteiger partial charge in [0.05, 0.1) is 5.70 Å². The molecule has 3 nitrogen and oxygen atoms in total. The number of nitrogens with zero attached hydrogens (tertiary/aromatic N) is 2. The van der Waals surface area contributed by atoms with Gasteiger partial charge in [-0.3, -0.25) is 4.79 Å². The zero-order valence-corrected chi connectivity index (χ0v) is 10.4. The SMILES string of the molecule is C=C1C(=O)N(C(C)C)CCN1CCBr. The molecule has 1 aliphatic heterocycles. The van der Waals surface area contributed by atoms with Gasteiger partial charge in [0.15, 0.2) is 0 Å². The van der Waals surface area contributed by atoms with Gasteiger partial charge in [-0.05, 0) is 13.8 Å². The number of carbonyl (C=O) groups is 1. The first-order valence-electron chi connectivity index (χ1n) is 4.88. The molecule has 0 aromatic carbocycles. The Kier molecular flexibility index (Phi) is 3.98. The number of piperazine rings is 1. The van der Waals surface area contributed by atoms with Crippen LogP contribution in [0, 0.1) is 0 Å². The fourth-order valence-electron chi connectivity index (χ4n) is 1.61. The van der Waals surface area contributed by atoms with E-state index in [-0.39, 0.29) is 11.9 Å². The van der Waals surface area contributed by atoms with Gasteiger partial charge in [0.25, 0.3) is 5.91 Å². The molecule has 0 N–H and O–H groups in total. The lowest BCUT2D eigenvalue weighted by Crippen LogP contribution is -2.51. The Balaban J connectivity index is 2.65. The molecule has 80 valence electrons. The molecule has 1 saturated heterocycles. The van der Waals surface area contributed by atoms with E-state index in [1.54, 1.807) is 0 Å². The summed E-state index contributed by atoms with van der Waals surface area (Å²) in [5.41, 5.74) is 0.629. The van der Waals surface area contributed by atoms with Crippen molar-refractivity contribution in [3.8, 4) is 0 Å². The van der Waals surface area contributed by atoms with Crippen LogP contribution in [0.25, 0.3) is 0 Å². The molecule has 0 aromatic heterocycles. The van der Waals surface area contributed by atoms with Crippen LogP contribution in [0.15, 0.2) is 12.3 Å². The Bertz CT molecular complexity index is 240. The molecule has 1 fully saturated rings. The molecular formula is C10H17BrN2O. The number of hydrogen-bond donors (Lipinski definition) is 0. The molecule has 0 unspecified atom stereocenters. The second-order valence-electron chi connectivity index (χ2n) is 3.72. The van der Waals surface area contributed by atoms with Crippen molar-refractivity contribution >= 4 is 21.8 Å². The van der Waals surface area contributed by atoms with Crippen molar-refractivity contribution in [2.45, 2.75) is 19.9 Å². The summed E-state index contributed by atoms with van der Waals surface area (Å²) in [6, 6.07) is 0.269. The first kappa shape index (κ1) is 11.6. The number of alkyl halides is 1. The number of amides is 1. The van der Waals surface area contributed by atoms with Gasteiger partial charge < -0.3 is 9.80 Å². The molecule has 0 atom stereocenters.